The first kappa shape index (κ1) is 11.9. The zero-order valence-electron chi connectivity index (χ0n) is 10.1. The molecular formula is C11H21N3O2S. The van der Waals surface area contributed by atoms with Crippen molar-refractivity contribution in [1.29, 1.82) is 0 Å². The van der Waals surface area contributed by atoms with Crippen LogP contribution in [-0.2, 0) is 10.2 Å². The molecule has 0 amide bonds. The summed E-state index contributed by atoms with van der Waals surface area (Å²) >= 11 is 0. The van der Waals surface area contributed by atoms with Gasteiger partial charge in [-0.15, -0.1) is 0 Å². The standard InChI is InChI=1S/C11H21N3O2S/c15-17(16,14-5-3-12-4-6-14)13-11-8-9-1-2-10(11)7-9/h9-13H,1-8H2. The number of nitrogens with zero attached hydrogens (tertiary/aromatic N) is 1. The lowest BCUT2D eigenvalue weighted by Gasteiger charge is -2.30. The smallest absolute Gasteiger partial charge is 0.279 e. The van der Waals surface area contributed by atoms with Crippen LogP contribution in [0.25, 0.3) is 0 Å². The van der Waals surface area contributed by atoms with Crippen LogP contribution in [0, 0.1) is 11.8 Å². The Balaban J connectivity index is 1.63. The SMILES string of the molecule is O=S(=O)(NC1CC2CCC1C2)N1CCNCC1. The van der Waals surface area contributed by atoms with E-state index >= 15 is 0 Å². The molecule has 1 aliphatic heterocycles. The van der Waals surface area contributed by atoms with Crippen LogP contribution in [0.1, 0.15) is 25.7 Å². The van der Waals surface area contributed by atoms with E-state index in [1.165, 1.54) is 19.3 Å². The van der Waals surface area contributed by atoms with Crippen molar-refractivity contribution in [2.24, 2.45) is 11.8 Å². The Bertz CT molecular complexity index is 378. The highest BCUT2D eigenvalue weighted by Gasteiger charge is 2.42. The van der Waals surface area contributed by atoms with Gasteiger partial charge in [-0.3, -0.25) is 0 Å². The van der Waals surface area contributed by atoms with E-state index in [0.717, 1.165) is 25.4 Å². The van der Waals surface area contributed by atoms with Gasteiger partial charge in [-0.05, 0) is 31.1 Å². The maximum atomic E-state index is 12.2. The summed E-state index contributed by atoms with van der Waals surface area (Å²) in [6.45, 7) is 2.71. The minimum Gasteiger partial charge on any atom is -0.314 e. The molecule has 98 valence electrons. The summed E-state index contributed by atoms with van der Waals surface area (Å²) in [5, 5.41) is 3.17. The van der Waals surface area contributed by atoms with Crippen molar-refractivity contribution in [3.8, 4) is 0 Å². The highest BCUT2D eigenvalue weighted by molar-refractivity contribution is 7.87. The van der Waals surface area contributed by atoms with E-state index in [2.05, 4.69) is 10.0 Å². The summed E-state index contributed by atoms with van der Waals surface area (Å²) in [6, 6.07) is 0.202. The first-order chi connectivity index (χ1) is 8.15. The van der Waals surface area contributed by atoms with Crippen molar-refractivity contribution in [3.05, 3.63) is 0 Å². The van der Waals surface area contributed by atoms with E-state index < -0.39 is 10.2 Å². The maximum Gasteiger partial charge on any atom is 0.279 e. The highest BCUT2D eigenvalue weighted by atomic mass is 32.2. The lowest BCUT2D eigenvalue weighted by atomic mass is 9.96. The van der Waals surface area contributed by atoms with Crippen LogP contribution in [-0.4, -0.2) is 44.9 Å². The number of hydrogen-bond donors (Lipinski definition) is 2. The molecule has 3 unspecified atom stereocenters. The Hall–Kier alpha value is -0.170. The van der Waals surface area contributed by atoms with Crippen molar-refractivity contribution in [2.75, 3.05) is 26.2 Å². The fraction of sp³-hybridized carbons (Fsp3) is 1.00. The van der Waals surface area contributed by atoms with Gasteiger partial charge in [0.25, 0.3) is 10.2 Å². The molecule has 1 heterocycles. The molecule has 1 saturated heterocycles. The molecule has 2 saturated carbocycles. The zero-order chi connectivity index (χ0) is 11.9. The average Bonchev–Trinajstić information content (AvgIpc) is 2.91. The highest BCUT2D eigenvalue weighted by Crippen LogP contribution is 2.44. The molecule has 3 fully saturated rings. The van der Waals surface area contributed by atoms with Gasteiger partial charge in [0.2, 0.25) is 0 Å². The van der Waals surface area contributed by atoms with Crippen molar-refractivity contribution in [1.82, 2.24) is 14.3 Å². The molecule has 3 rings (SSSR count). The monoisotopic (exact) mass is 259 g/mol. The van der Waals surface area contributed by atoms with Gasteiger partial charge in [0.1, 0.15) is 0 Å². The number of nitrogens with one attached hydrogen (secondary N) is 2. The average molecular weight is 259 g/mol. The second kappa shape index (κ2) is 4.50. The van der Waals surface area contributed by atoms with Crippen LogP contribution in [0.15, 0.2) is 0 Å². The lowest BCUT2D eigenvalue weighted by Crippen LogP contribution is -2.53. The predicted octanol–water partition coefficient (Wildman–Crippen LogP) is -0.0854. The Morgan fingerprint density at radius 3 is 2.47 bits per heavy atom. The van der Waals surface area contributed by atoms with Crippen molar-refractivity contribution < 1.29 is 8.42 Å². The Kier molecular flexibility index (Phi) is 3.15. The molecule has 2 aliphatic carbocycles. The van der Waals surface area contributed by atoms with Crippen LogP contribution in [0.5, 0.6) is 0 Å². The molecule has 0 aromatic heterocycles. The van der Waals surface area contributed by atoms with Gasteiger partial charge in [0.15, 0.2) is 0 Å². The van der Waals surface area contributed by atoms with Gasteiger partial charge in [0, 0.05) is 32.2 Å². The fourth-order valence-electron chi connectivity index (χ4n) is 3.54. The van der Waals surface area contributed by atoms with E-state index in [-0.39, 0.29) is 6.04 Å². The predicted molar refractivity (Wildman–Crippen MR) is 65.7 cm³/mol. The third-order valence-corrected chi connectivity index (χ3v) is 6.10. The summed E-state index contributed by atoms with van der Waals surface area (Å²) in [5.74, 6) is 1.37. The van der Waals surface area contributed by atoms with Crippen LogP contribution in [0.2, 0.25) is 0 Å². The van der Waals surface area contributed by atoms with Crippen LogP contribution in [0.4, 0.5) is 0 Å². The topological polar surface area (TPSA) is 61.4 Å². The van der Waals surface area contributed by atoms with Crippen LogP contribution in [0.3, 0.4) is 0 Å². The first-order valence-electron chi connectivity index (χ1n) is 6.63. The number of piperazine rings is 1. The third kappa shape index (κ3) is 2.36. The summed E-state index contributed by atoms with van der Waals surface area (Å²) in [5.41, 5.74) is 0. The minimum atomic E-state index is -3.25. The molecule has 6 heteroatoms. The Morgan fingerprint density at radius 1 is 1.12 bits per heavy atom. The molecule has 2 bridgehead atoms. The van der Waals surface area contributed by atoms with Gasteiger partial charge in [0.05, 0.1) is 0 Å². The Labute approximate surface area is 103 Å². The largest absolute Gasteiger partial charge is 0.314 e. The van der Waals surface area contributed by atoms with Crippen LogP contribution >= 0.6 is 0 Å². The normalized spacial score (nSPS) is 38.7. The maximum absolute atomic E-state index is 12.2. The van der Waals surface area contributed by atoms with Gasteiger partial charge in [-0.2, -0.15) is 17.4 Å². The first-order valence-corrected chi connectivity index (χ1v) is 8.07. The Morgan fingerprint density at radius 2 is 1.88 bits per heavy atom. The quantitative estimate of drug-likeness (QED) is 0.745. The number of rotatable bonds is 3. The van der Waals surface area contributed by atoms with E-state index in [1.807, 2.05) is 0 Å². The lowest BCUT2D eigenvalue weighted by molar-refractivity contribution is 0.335. The summed E-state index contributed by atoms with van der Waals surface area (Å²) in [4.78, 5) is 0. The molecule has 5 nitrogen and oxygen atoms in total. The molecule has 3 atom stereocenters. The zero-order valence-corrected chi connectivity index (χ0v) is 10.9. The molecule has 3 aliphatic rings. The second-order valence-electron chi connectivity index (χ2n) is 5.55. The summed E-state index contributed by atoms with van der Waals surface area (Å²) in [7, 11) is -3.25. The van der Waals surface area contributed by atoms with E-state index in [9.17, 15) is 8.42 Å². The van der Waals surface area contributed by atoms with Crippen molar-refractivity contribution >= 4 is 10.2 Å². The van der Waals surface area contributed by atoms with Crippen molar-refractivity contribution in [3.63, 3.8) is 0 Å². The molecule has 0 aromatic rings. The van der Waals surface area contributed by atoms with Gasteiger partial charge < -0.3 is 5.32 Å². The molecular weight excluding hydrogens is 238 g/mol. The summed E-state index contributed by atoms with van der Waals surface area (Å²) in [6.07, 6.45) is 4.79. The fourth-order valence-corrected chi connectivity index (χ4v) is 5.02. The van der Waals surface area contributed by atoms with E-state index in [0.29, 0.717) is 19.0 Å². The molecule has 0 aromatic carbocycles. The molecule has 17 heavy (non-hydrogen) atoms. The molecule has 0 spiro atoms. The minimum absolute atomic E-state index is 0.202. The van der Waals surface area contributed by atoms with Gasteiger partial charge >= 0.3 is 0 Å². The summed E-state index contributed by atoms with van der Waals surface area (Å²) < 4.78 is 28.9. The van der Waals surface area contributed by atoms with Crippen molar-refractivity contribution in [2.45, 2.75) is 31.7 Å². The molecule has 0 radical (unpaired) electrons. The number of hydrogen-bond acceptors (Lipinski definition) is 3. The number of fused-ring (bicyclic) bond motifs is 2. The van der Waals surface area contributed by atoms with E-state index in [4.69, 9.17) is 0 Å². The van der Waals surface area contributed by atoms with Crippen LogP contribution < -0.4 is 10.0 Å². The molecule has 2 N–H and O–H groups in total. The van der Waals surface area contributed by atoms with E-state index in [1.54, 1.807) is 4.31 Å². The third-order valence-electron chi connectivity index (χ3n) is 4.45. The van der Waals surface area contributed by atoms with Gasteiger partial charge in [-0.25, -0.2) is 0 Å². The van der Waals surface area contributed by atoms with Gasteiger partial charge in [-0.1, -0.05) is 6.42 Å². The second-order valence-corrected chi connectivity index (χ2v) is 7.26.